The Morgan fingerprint density at radius 3 is 1.90 bits per heavy atom. The van der Waals surface area contributed by atoms with Crippen molar-refractivity contribution in [3.05, 3.63) is 0 Å². The average molecular weight is 452 g/mol. The number of carbonyl (C=O) groups excluding carboxylic acids is 1. The van der Waals surface area contributed by atoms with Gasteiger partial charge in [-0.2, -0.15) is 0 Å². The molecule has 11 heteroatoms. The second-order valence-corrected chi connectivity index (χ2v) is 9.76. The Bertz CT molecular complexity index is 442. The van der Waals surface area contributed by atoms with Crippen LogP contribution in [-0.2, 0) is 37.0 Å². The second-order valence-electron chi connectivity index (χ2n) is 7.03. The maximum Gasteiger partial charge on any atom is 0.500 e. The van der Waals surface area contributed by atoms with Gasteiger partial charge in [0.2, 0.25) is 0 Å². The molecule has 2 fully saturated rings. The third-order valence-corrected chi connectivity index (χ3v) is 7.47. The minimum Gasteiger partial charge on any atom is -0.441 e. The Kier molecular flexibility index (Phi) is 12.1. The first-order valence-corrected chi connectivity index (χ1v) is 12.8. The van der Waals surface area contributed by atoms with Crippen LogP contribution in [0.15, 0.2) is 0 Å². The summed E-state index contributed by atoms with van der Waals surface area (Å²) >= 11 is 0. The Morgan fingerprint density at radius 2 is 1.47 bits per heavy atom. The van der Waals surface area contributed by atoms with E-state index >= 15 is 0 Å². The molecule has 2 aliphatic heterocycles. The van der Waals surface area contributed by atoms with Gasteiger partial charge in [-0.25, -0.2) is 4.79 Å². The Balaban J connectivity index is 1.67. The lowest BCUT2D eigenvalue weighted by Gasteiger charge is -2.28. The fourth-order valence-corrected chi connectivity index (χ4v) is 5.41. The summed E-state index contributed by atoms with van der Waals surface area (Å²) in [6, 6.07) is 0.626. The third-order valence-electron chi connectivity index (χ3n) is 4.32. The van der Waals surface area contributed by atoms with Gasteiger partial charge in [0.15, 0.2) is 6.10 Å². The zero-order valence-electron chi connectivity index (χ0n) is 18.4. The van der Waals surface area contributed by atoms with E-state index in [2.05, 4.69) is 5.32 Å². The van der Waals surface area contributed by atoms with Crippen LogP contribution in [0.5, 0.6) is 0 Å². The van der Waals surface area contributed by atoms with Gasteiger partial charge < -0.3 is 42.3 Å². The van der Waals surface area contributed by atoms with Crippen LogP contribution in [-0.4, -0.2) is 99.2 Å². The molecule has 1 amide bonds. The molecule has 30 heavy (non-hydrogen) atoms. The first kappa shape index (κ1) is 25.5. The van der Waals surface area contributed by atoms with E-state index in [1.165, 1.54) is 0 Å². The fraction of sp³-hybridized carbons (Fsp3) is 0.947. The number of nitrogens with one attached hydrogen (secondary N) is 1. The highest BCUT2D eigenvalue weighted by molar-refractivity contribution is 6.60. The molecule has 0 saturated carbocycles. The number of alkyl carbamates (subject to hydrolysis) is 1. The van der Waals surface area contributed by atoms with E-state index in [1.807, 2.05) is 20.8 Å². The standard InChI is InChI=1S/C19H37NO9Si/c1-4-26-30(27-5-2,28-6-3)9-7-8-20-19(21)29-18(12-22-10-16-14-24-16)13-23-11-17-15-25-17/h16-18H,4-15H2,1-3H3,(H,20,21). The molecule has 2 atom stereocenters. The molecular weight excluding hydrogens is 414 g/mol. The number of amides is 1. The van der Waals surface area contributed by atoms with Gasteiger partial charge in [0.1, 0.15) is 12.2 Å². The van der Waals surface area contributed by atoms with Crippen LogP contribution in [0.1, 0.15) is 27.2 Å². The topological polar surface area (TPSA) is 110 Å². The number of ether oxygens (including phenoxy) is 5. The van der Waals surface area contributed by atoms with Crippen molar-refractivity contribution in [2.75, 3.05) is 66.0 Å². The number of epoxide rings is 2. The van der Waals surface area contributed by atoms with Gasteiger partial charge in [0, 0.05) is 32.4 Å². The molecule has 10 nitrogen and oxygen atoms in total. The van der Waals surface area contributed by atoms with Gasteiger partial charge in [-0.15, -0.1) is 0 Å². The van der Waals surface area contributed by atoms with Gasteiger partial charge in [0.25, 0.3) is 0 Å². The first-order valence-electron chi connectivity index (χ1n) is 10.9. The maximum absolute atomic E-state index is 12.2. The fourth-order valence-electron chi connectivity index (χ4n) is 2.80. The predicted molar refractivity (Wildman–Crippen MR) is 109 cm³/mol. The Labute approximate surface area is 180 Å². The van der Waals surface area contributed by atoms with Crippen molar-refractivity contribution in [3.8, 4) is 0 Å². The van der Waals surface area contributed by atoms with Crippen molar-refractivity contribution >= 4 is 14.9 Å². The van der Waals surface area contributed by atoms with Crippen LogP contribution in [0.4, 0.5) is 4.79 Å². The van der Waals surface area contributed by atoms with E-state index in [-0.39, 0.29) is 25.4 Å². The molecule has 0 aliphatic carbocycles. The molecule has 176 valence electrons. The van der Waals surface area contributed by atoms with Gasteiger partial charge in [-0.3, -0.25) is 0 Å². The summed E-state index contributed by atoms with van der Waals surface area (Å²) in [4.78, 5) is 12.2. The van der Waals surface area contributed by atoms with E-state index in [1.54, 1.807) is 0 Å². The molecule has 2 rings (SSSR count). The van der Waals surface area contributed by atoms with E-state index in [4.69, 9.17) is 37.0 Å². The molecule has 0 radical (unpaired) electrons. The molecule has 0 aromatic rings. The summed E-state index contributed by atoms with van der Waals surface area (Å²) < 4.78 is 44.3. The molecule has 0 aromatic heterocycles. The SMILES string of the molecule is CCO[Si](CCCNC(=O)OC(COCC1CO1)COCC1CO1)(OCC)OCC. The van der Waals surface area contributed by atoms with Crippen LogP contribution >= 0.6 is 0 Å². The van der Waals surface area contributed by atoms with Gasteiger partial charge in [-0.05, 0) is 27.2 Å². The van der Waals surface area contributed by atoms with Crippen molar-refractivity contribution in [1.82, 2.24) is 5.32 Å². The van der Waals surface area contributed by atoms with E-state index in [9.17, 15) is 4.79 Å². The van der Waals surface area contributed by atoms with Crippen LogP contribution in [0.2, 0.25) is 6.04 Å². The Morgan fingerprint density at radius 1 is 0.967 bits per heavy atom. The molecule has 1 N–H and O–H groups in total. The van der Waals surface area contributed by atoms with Gasteiger partial charge in [-0.1, -0.05) is 0 Å². The van der Waals surface area contributed by atoms with E-state index < -0.39 is 21.0 Å². The number of rotatable bonds is 19. The van der Waals surface area contributed by atoms with Gasteiger partial charge in [0.05, 0.1) is 39.6 Å². The molecule has 0 aromatic carbocycles. The molecule has 2 aliphatic rings. The summed E-state index contributed by atoms with van der Waals surface area (Å²) in [5, 5.41) is 2.77. The smallest absolute Gasteiger partial charge is 0.441 e. The number of carbonyl (C=O) groups is 1. The second kappa shape index (κ2) is 14.3. The minimum atomic E-state index is -2.70. The van der Waals surface area contributed by atoms with Crippen molar-refractivity contribution in [2.24, 2.45) is 0 Å². The highest BCUT2D eigenvalue weighted by Gasteiger charge is 2.39. The zero-order chi connectivity index (χ0) is 21.7. The van der Waals surface area contributed by atoms with E-state index in [0.29, 0.717) is 52.0 Å². The van der Waals surface area contributed by atoms with Crippen LogP contribution < -0.4 is 5.32 Å². The lowest BCUT2D eigenvalue weighted by Crippen LogP contribution is -2.46. The third kappa shape index (κ3) is 11.0. The molecule has 2 unspecified atom stereocenters. The lowest BCUT2D eigenvalue weighted by atomic mass is 10.4. The predicted octanol–water partition coefficient (Wildman–Crippen LogP) is 1.35. The largest absolute Gasteiger partial charge is 0.500 e. The van der Waals surface area contributed by atoms with Crippen molar-refractivity contribution < 1.29 is 41.8 Å². The summed E-state index contributed by atoms with van der Waals surface area (Å²) in [5.41, 5.74) is 0. The molecule has 0 spiro atoms. The highest BCUT2D eigenvalue weighted by atomic mass is 28.4. The lowest BCUT2D eigenvalue weighted by molar-refractivity contribution is -0.0323. The van der Waals surface area contributed by atoms with Crippen LogP contribution in [0.3, 0.4) is 0 Å². The monoisotopic (exact) mass is 451 g/mol. The highest BCUT2D eigenvalue weighted by Crippen LogP contribution is 2.18. The zero-order valence-corrected chi connectivity index (χ0v) is 19.4. The minimum absolute atomic E-state index is 0.158. The maximum atomic E-state index is 12.2. The van der Waals surface area contributed by atoms with Crippen molar-refractivity contribution in [2.45, 2.75) is 51.5 Å². The van der Waals surface area contributed by atoms with Crippen molar-refractivity contribution in [1.29, 1.82) is 0 Å². The van der Waals surface area contributed by atoms with Gasteiger partial charge >= 0.3 is 14.9 Å². The summed E-state index contributed by atoms with van der Waals surface area (Å²) in [7, 11) is -2.70. The molecule has 2 heterocycles. The van der Waals surface area contributed by atoms with Crippen LogP contribution in [0.25, 0.3) is 0 Å². The summed E-state index contributed by atoms with van der Waals surface area (Å²) in [6.07, 6.45) is -0.0199. The Hall–Kier alpha value is -0.793. The first-order chi connectivity index (χ1) is 14.6. The molecule has 0 bridgehead atoms. The van der Waals surface area contributed by atoms with Crippen molar-refractivity contribution in [3.63, 3.8) is 0 Å². The summed E-state index contributed by atoms with van der Waals surface area (Å²) in [6.45, 7) is 10.7. The van der Waals surface area contributed by atoms with E-state index in [0.717, 1.165) is 13.2 Å². The molecule has 2 saturated heterocycles. The van der Waals surface area contributed by atoms with Crippen LogP contribution in [0, 0.1) is 0 Å². The molecular formula is C19H37NO9Si. The number of hydrogen-bond acceptors (Lipinski definition) is 9. The number of hydrogen-bond donors (Lipinski definition) is 1. The average Bonchev–Trinajstić information content (AvgIpc) is 3.61. The normalized spacial score (nSPS) is 21.3. The quantitative estimate of drug-likeness (QED) is 0.177. The summed E-state index contributed by atoms with van der Waals surface area (Å²) in [5.74, 6) is 0.